The number of nitro groups is 1. The summed E-state index contributed by atoms with van der Waals surface area (Å²) in [5.74, 6) is 0.403. The second-order valence-corrected chi connectivity index (χ2v) is 4.45. The molecule has 0 spiro atoms. The van der Waals surface area contributed by atoms with Crippen LogP contribution >= 0.6 is 0 Å². The van der Waals surface area contributed by atoms with E-state index in [2.05, 4.69) is 10.2 Å². The van der Waals surface area contributed by atoms with Gasteiger partial charge in [-0.05, 0) is 33.8 Å². The maximum Gasteiger partial charge on any atom is 0.336 e. The van der Waals surface area contributed by atoms with Gasteiger partial charge in [0.2, 0.25) is 5.82 Å². The predicted molar refractivity (Wildman–Crippen MR) is 65.9 cm³/mol. The lowest BCUT2D eigenvalue weighted by molar-refractivity contribution is -0.385. The number of aromatic nitrogens is 4. The Hall–Kier alpha value is -2.18. The monoisotopic (exact) mass is 249 g/mol. The van der Waals surface area contributed by atoms with Crippen molar-refractivity contribution in [2.45, 2.75) is 33.7 Å². The van der Waals surface area contributed by atoms with Crippen LogP contribution in [-0.2, 0) is 0 Å². The normalized spacial score (nSPS) is 11.2. The standard InChI is InChI=1S/C11H15N5O2/c1-7(2)15-11(14-6-5-8(3)12-14)10(16(17)18)9(4)13-15/h5-7H,1-4H3. The van der Waals surface area contributed by atoms with E-state index in [0.717, 1.165) is 5.69 Å². The molecule has 0 aliphatic rings. The molecule has 0 amide bonds. The van der Waals surface area contributed by atoms with Crippen LogP contribution in [0.2, 0.25) is 0 Å². The molecule has 0 N–H and O–H groups in total. The van der Waals surface area contributed by atoms with Gasteiger partial charge in [-0.15, -0.1) is 0 Å². The van der Waals surface area contributed by atoms with E-state index in [1.54, 1.807) is 23.9 Å². The third-order valence-electron chi connectivity index (χ3n) is 2.64. The minimum atomic E-state index is -0.409. The van der Waals surface area contributed by atoms with E-state index in [9.17, 15) is 10.1 Å². The molecule has 2 rings (SSSR count). The maximum absolute atomic E-state index is 11.2. The van der Waals surface area contributed by atoms with Gasteiger partial charge in [0.1, 0.15) is 5.69 Å². The summed E-state index contributed by atoms with van der Waals surface area (Å²) in [6.07, 6.45) is 1.71. The first-order chi connectivity index (χ1) is 8.41. The van der Waals surface area contributed by atoms with Gasteiger partial charge in [-0.3, -0.25) is 10.1 Å². The first-order valence-electron chi connectivity index (χ1n) is 5.68. The van der Waals surface area contributed by atoms with Gasteiger partial charge in [-0.2, -0.15) is 10.2 Å². The Morgan fingerprint density at radius 1 is 1.33 bits per heavy atom. The topological polar surface area (TPSA) is 78.8 Å². The fourth-order valence-corrected chi connectivity index (χ4v) is 1.85. The number of nitrogens with zero attached hydrogens (tertiary/aromatic N) is 5. The molecule has 7 nitrogen and oxygen atoms in total. The Morgan fingerprint density at radius 2 is 2.00 bits per heavy atom. The van der Waals surface area contributed by atoms with Crippen LogP contribution in [0.15, 0.2) is 12.3 Å². The molecule has 0 atom stereocenters. The lowest BCUT2D eigenvalue weighted by Gasteiger charge is -2.09. The van der Waals surface area contributed by atoms with E-state index < -0.39 is 4.92 Å². The Kier molecular flexibility index (Phi) is 2.90. The average Bonchev–Trinajstić information content (AvgIpc) is 2.81. The van der Waals surface area contributed by atoms with Crippen molar-refractivity contribution in [3.05, 3.63) is 33.8 Å². The maximum atomic E-state index is 11.2. The summed E-state index contributed by atoms with van der Waals surface area (Å²) in [7, 11) is 0. The number of aryl methyl sites for hydroxylation is 2. The minimum Gasteiger partial charge on any atom is -0.258 e. The molecule has 0 bridgehead atoms. The minimum absolute atomic E-state index is 0.00630. The Balaban J connectivity index is 2.73. The van der Waals surface area contributed by atoms with Crippen LogP contribution in [0.1, 0.15) is 31.3 Å². The molecule has 18 heavy (non-hydrogen) atoms. The van der Waals surface area contributed by atoms with E-state index in [4.69, 9.17) is 0 Å². The molecule has 0 aliphatic carbocycles. The summed E-state index contributed by atoms with van der Waals surface area (Å²) in [4.78, 5) is 10.8. The van der Waals surface area contributed by atoms with Gasteiger partial charge in [-0.1, -0.05) is 0 Å². The molecule has 0 saturated heterocycles. The molecule has 2 heterocycles. The van der Waals surface area contributed by atoms with E-state index in [1.165, 1.54) is 4.68 Å². The highest BCUT2D eigenvalue weighted by molar-refractivity contribution is 5.51. The van der Waals surface area contributed by atoms with Crippen molar-refractivity contribution in [1.82, 2.24) is 19.6 Å². The summed E-state index contributed by atoms with van der Waals surface area (Å²) < 4.78 is 3.13. The van der Waals surface area contributed by atoms with Crippen molar-refractivity contribution in [2.24, 2.45) is 0 Å². The van der Waals surface area contributed by atoms with Crippen LogP contribution < -0.4 is 0 Å². The quantitative estimate of drug-likeness (QED) is 0.616. The van der Waals surface area contributed by atoms with E-state index in [1.807, 2.05) is 20.8 Å². The van der Waals surface area contributed by atoms with Gasteiger partial charge >= 0.3 is 5.69 Å². The largest absolute Gasteiger partial charge is 0.336 e. The lowest BCUT2D eigenvalue weighted by atomic mass is 10.3. The highest BCUT2D eigenvalue weighted by Gasteiger charge is 2.28. The van der Waals surface area contributed by atoms with Crippen LogP contribution in [0.25, 0.3) is 5.82 Å². The van der Waals surface area contributed by atoms with Gasteiger partial charge in [0.25, 0.3) is 0 Å². The molecule has 0 aromatic carbocycles. The third kappa shape index (κ3) is 1.87. The van der Waals surface area contributed by atoms with Crippen LogP contribution in [0, 0.1) is 24.0 Å². The smallest absolute Gasteiger partial charge is 0.258 e. The molecule has 0 fully saturated rings. The first kappa shape index (κ1) is 12.3. The van der Waals surface area contributed by atoms with Crippen LogP contribution in [0.5, 0.6) is 0 Å². The summed E-state index contributed by atoms with van der Waals surface area (Å²) in [6, 6.07) is 1.83. The van der Waals surface area contributed by atoms with Crippen molar-refractivity contribution >= 4 is 5.69 Å². The Morgan fingerprint density at radius 3 is 2.44 bits per heavy atom. The van der Waals surface area contributed by atoms with Gasteiger partial charge in [0.15, 0.2) is 0 Å². The lowest BCUT2D eigenvalue weighted by Crippen LogP contribution is -2.11. The summed E-state index contributed by atoms with van der Waals surface area (Å²) in [5, 5.41) is 19.6. The molecule has 2 aromatic heterocycles. The molecule has 0 aliphatic heterocycles. The second kappa shape index (κ2) is 4.25. The third-order valence-corrected chi connectivity index (χ3v) is 2.64. The molecule has 0 saturated carbocycles. The molecule has 2 aromatic rings. The van der Waals surface area contributed by atoms with Crippen molar-refractivity contribution in [1.29, 1.82) is 0 Å². The van der Waals surface area contributed by atoms with Gasteiger partial charge in [0.05, 0.1) is 10.6 Å². The van der Waals surface area contributed by atoms with Crippen LogP contribution in [0.3, 0.4) is 0 Å². The van der Waals surface area contributed by atoms with Gasteiger partial charge in [0, 0.05) is 12.2 Å². The Labute approximate surface area is 104 Å². The number of hydrogen-bond acceptors (Lipinski definition) is 4. The zero-order valence-electron chi connectivity index (χ0n) is 10.8. The predicted octanol–water partition coefficient (Wildman–Crippen LogP) is 2.17. The van der Waals surface area contributed by atoms with Crippen molar-refractivity contribution in [3.63, 3.8) is 0 Å². The fourth-order valence-electron chi connectivity index (χ4n) is 1.85. The highest BCUT2D eigenvalue weighted by Crippen LogP contribution is 2.28. The molecule has 96 valence electrons. The van der Waals surface area contributed by atoms with Gasteiger partial charge < -0.3 is 0 Å². The highest BCUT2D eigenvalue weighted by atomic mass is 16.6. The zero-order chi connectivity index (χ0) is 13.4. The zero-order valence-corrected chi connectivity index (χ0v) is 10.8. The van der Waals surface area contributed by atoms with Crippen molar-refractivity contribution in [2.75, 3.05) is 0 Å². The summed E-state index contributed by atoms with van der Waals surface area (Å²) in [5.41, 5.74) is 1.21. The van der Waals surface area contributed by atoms with Crippen molar-refractivity contribution < 1.29 is 4.92 Å². The SMILES string of the molecule is Cc1ccn(-c2c([N+](=O)[O-])c(C)nn2C(C)C)n1. The number of hydrogen-bond donors (Lipinski definition) is 0. The molecular formula is C11H15N5O2. The molecule has 7 heteroatoms. The van der Waals surface area contributed by atoms with Crippen molar-refractivity contribution in [3.8, 4) is 5.82 Å². The van der Waals surface area contributed by atoms with E-state index >= 15 is 0 Å². The van der Waals surface area contributed by atoms with Crippen LogP contribution in [0.4, 0.5) is 5.69 Å². The van der Waals surface area contributed by atoms with E-state index in [0.29, 0.717) is 11.5 Å². The van der Waals surface area contributed by atoms with Crippen LogP contribution in [-0.4, -0.2) is 24.5 Å². The molecule has 0 unspecified atom stereocenters. The molecule has 0 radical (unpaired) electrons. The number of rotatable bonds is 3. The van der Waals surface area contributed by atoms with Gasteiger partial charge in [-0.25, -0.2) is 9.36 Å². The first-order valence-corrected chi connectivity index (χ1v) is 5.68. The second-order valence-electron chi connectivity index (χ2n) is 4.45. The van der Waals surface area contributed by atoms with E-state index in [-0.39, 0.29) is 11.7 Å². The summed E-state index contributed by atoms with van der Waals surface area (Å²) in [6.45, 7) is 7.33. The fraction of sp³-hybridized carbons (Fsp3) is 0.455. The Bertz CT molecular complexity index is 597. The molecular weight excluding hydrogens is 234 g/mol. The summed E-state index contributed by atoms with van der Waals surface area (Å²) >= 11 is 0. The average molecular weight is 249 g/mol.